The van der Waals surface area contributed by atoms with E-state index in [1.165, 1.54) is 5.56 Å². The number of nitrogens with zero attached hydrogens (tertiary/aromatic N) is 5. The monoisotopic (exact) mass is 644 g/mol. The first kappa shape index (κ1) is 32.6. The third kappa shape index (κ3) is 6.32. The Morgan fingerprint density at radius 3 is 1.87 bits per heavy atom. The summed E-state index contributed by atoms with van der Waals surface area (Å²) in [5.74, 6) is -0.340. The molecular formula is C34H37ClN6O5. The molecule has 2 aromatic carbocycles. The van der Waals surface area contributed by atoms with Crippen molar-refractivity contribution in [2.75, 3.05) is 13.2 Å². The van der Waals surface area contributed by atoms with Crippen LogP contribution in [0.1, 0.15) is 113 Å². The molecule has 0 spiro atoms. The van der Waals surface area contributed by atoms with E-state index in [1.807, 2.05) is 34.9 Å². The second-order valence-corrected chi connectivity index (χ2v) is 11.8. The summed E-state index contributed by atoms with van der Waals surface area (Å²) < 4.78 is 13.7. The highest BCUT2D eigenvalue weighted by Crippen LogP contribution is 2.29. The summed E-state index contributed by atoms with van der Waals surface area (Å²) in [5.41, 5.74) is 7.17. The number of ether oxygens (including phenoxy) is 2. The molecule has 2 aliphatic heterocycles. The van der Waals surface area contributed by atoms with Crippen LogP contribution in [-0.2, 0) is 22.6 Å². The minimum absolute atomic E-state index is 0.152. The summed E-state index contributed by atoms with van der Waals surface area (Å²) in [5, 5.41) is 3.28. The van der Waals surface area contributed by atoms with Crippen LogP contribution >= 0.6 is 11.6 Å². The van der Waals surface area contributed by atoms with E-state index < -0.39 is 11.9 Å². The fourth-order valence-electron chi connectivity index (χ4n) is 5.30. The number of imidazole rings is 2. The molecular weight excluding hydrogens is 608 g/mol. The molecule has 0 saturated carbocycles. The van der Waals surface area contributed by atoms with Gasteiger partial charge < -0.3 is 14.8 Å². The lowest BCUT2D eigenvalue weighted by molar-refractivity contribution is 0.0509. The van der Waals surface area contributed by atoms with Crippen molar-refractivity contribution in [1.29, 1.82) is 0 Å². The van der Waals surface area contributed by atoms with Crippen molar-refractivity contribution in [2.45, 2.75) is 66.5 Å². The van der Waals surface area contributed by atoms with Crippen LogP contribution in [0.25, 0.3) is 11.4 Å². The number of halogens is 1. The molecule has 2 aliphatic rings. The Bertz CT molecular complexity index is 1830. The van der Waals surface area contributed by atoms with Crippen LogP contribution in [0.5, 0.6) is 0 Å². The molecule has 0 saturated heterocycles. The van der Waals surface area contributed by atoms with Crippen LogP contribution in [0.2, 0.25) is 0 Å². The first-order chi connectivity index (χ1) is 22.0. The summed E-state index contributed by atoms with van der Waals surface area (Å²) in [7, 11) is 0. The molecule has 0 aliphatic carbocycles. The molecule has 240 valence electrons. The largest absolute Gasteiger partial charge is 0.461 e. The molecule has 12 heteroatoms. The fraction of sp³-hybridized carbons (Fsp3) is 0.353. The number of hydrogen-bond acceptors (Lipinski definition) is 8. The number of hydrogen-bond donors (Lipinski definition) is 1. The summed E-state index contributed by atoms with van der Waals surface area (Å²) >= 11 is 6.37. The van der Waals surface area contributed by atoms with Gasteiger partial charge in [-0.1, -0.05) is 51.4 Å². The zero-order valence-electron chi connectivity index (χ0n) is 26.8. The topological polar surface area (TPSA) is 130 Å². The number of carbonyl (C=O) groups excluding carboxylic acids is 3. The molecule has 1 amide bonds. The van der Waals surface area contributed by atoms with Crippen molar-refractivity contribution in [2.24, 2.45) is 4.99 Å². The molecule has 0 bridgehead atoms. The highest BCUT2D eigenvalue weighted by molar-refractivity contribution is 6.70. The lowest BCUT2D eigenvalue weighted by Crippen LogP contribution is -2.22. The standard InChI is InChI=1S/C17H18ClN3O2.C17H19N3O3/c1-4-23-17(22)15-14-8-19-16(18)12-7-11(10(2)3)5-6-13(12)21(14)9-20-15;1-4-23-17(22)15-14-8-18-16(21)12-7-11(10(2)3)5-6-13(12)20(14)9-19-15/h5-7,9-10H,4,8H2,1-3H3;5-7,9-10H,4,8H2,1-3H3,(H,18,21). The van der Waals surface area contributed by atoms with E-state index in [-0.39, 0.29) is 24.8 Å². The van der Waals surface area contributed by atoms with Crippen LogP contribution in [0, 0.1) is 0 Å². The van der Waals surface area contributed by atoms with E-state index in [0.717, 1.165) is 22.5 Å². The van der Waals surface area contributed by atoms with Crippen molar-refractivity contribution in [3.8, 4) is 11.4 Å². The lowest BCUT2D eigenvalue weighted by atomic mass is 9.99. The highest BCUT2D eigenvalue weighted by atomic mass is 35.5. The summed E-state index contributed by atoms with van der Waals surface area (Å²) in [4.78, 5) is 49.2. The maximum absolute atomic E-state index is 12.4. The number of aromatic nitrogens is 4. The average Bonchev–Trinajstić information content (AvgIpc) is 3.60. The summed E-state index contributed by atoms with van der Waals surface area (Å²) in [6.45, 7) is 13.1. The quantitative estimate of drug-likeness (QED) is 0.252. The van der Waals surface area contributed by atoms with E-state index >= 15 is 0 Å². The highest BCUT2D eigenvalue weighted by Gasteiger charge is 2.27. The maximum Gasteiger partial charge on any atom is 0.358 e. The normalized spacial score (nSPS) is 13.2. The van der Waals surface area contributed by atoms with Gasteiger partial charge in [0.25, 0.3) is 5.91 Å². The first-order valence-electron chi connectivity index (χ1n) is 15.3. The van der Waals surface area contributed by atoms with Gasteiger partial charge in [0.1, 0.15) is 17.8 Å². The molecule has 46 heavy (non-hydrogen) atoms. The van der Waals surface area contributed by atoms with Crippen LogP contribution in [0.3, 0.4) is 0 Å². The smallest absolute Gasteiger partial charge is 0.358 e. The second kappa shape index (κ2) is 13.7. The minimum atomic E-state index is -0.474. The fourth-order valence-corrected chi connectivity index (χ4v) is 5.52. The molecule has 2 aromatic heterocycles. The van der Waals surface area contributed by atoms with Crippen molar-refractivity contribution in [3.63, 3.8) is 0 Å². The Morgan fingerprint density at radius 2 is 1.33 bits per heavy atom. The number of nitrogens with one attached hydrogen (secondary N) is 1. The van der Waals surface area contributed by atoms with E-state index in [2.05, 4.69) is 54.0 Å². The Hall–Kier alpha value is -4.77. The van der Waals surface area contributed by atoms with Crippen molar-refractivity contribution < 1.29 is 23.9 Å². The Morgan fingerprint density at radius 1 is 0.826 bits per heavy atom. The van der Waals surface area contributed by atoms with Crippen LogP contribution < -0.4 is 5.32 Å². The zero-order valence-corrected chi connectivity index (χ0v) is 27.5. The van der Waals surface area contributed by atoms with Gasteiger partial charge in [-0.15, -0.1) is 0 Å². The van der Waals surface area contributed by atoms with Gasteiger partial charge in [0, 0.05) is 5.56 Å². The molecule has 0 fully saturated rings. The van der Waals surface area contributed by atoms with Crippen LogP contribution in [0.15, 0.2) is 54.0 Å². The predicted octanol–water partition coefficient (Wildman–Crippen LogP) is 6.09. The van der Waals surface area contributed by atoms with Crippen molar-refractivity contribution in [1.82, 2.24) is 24.4 Å². The number of benzene rings is 2. The minimum Gasteiger partial charge on any atom is -0.461 e. The molecule has 1 N–H and O–H groups in total. The predicted molar refractivity (Wildman–Crippen MR) is 174 cm³/mol. The van der Waals surface area contributed by atoms with E-state index in [0.29, 0.717) is 52.8 Å². The number of esters is 2. The first-order valence-corrected chi connectivity index (χ1v) is 15.7. The Labute approximate surface area is 272 Å². The number of carbonyl (C=O) groups is 3. The molecule has 4 aromatic rings. The van der Waals surface area contributed by atoms with Gasteiger partial charge in [-0.05, 0) is 61.1 Å². The van der Waals surface area contributed by atoms with Crippen LogP contribution in [-0.4, -0.2) is 55.3 Å². The second-order valence-electron chi connectivity index (χ2n) is 11.4. The third-order valence-electron chi connectivity index (χ3n) is 7.81. The number of rotatable bonds is 6. The Balaban J connectivity index is 0.000000181. The number of fused-ring (bicyclic) bond motifs is 6. The van der Waals surface area contributed by atoms with Gasteiger partial charge >= 0.3 is 11.9 Å². The molecule has 0 atom stereocenters. The molecule has 0 unspecified atom stereocenters. The molecule has 0 radical (unpaired) electrons. The molecule has 6 rings (SSSR count). The van der Waals surface area contributed by atoms with Gasteiger partial charge in [-0.2, -0.15) is 0 Å². The average molecular weight is 645 g/mol. The van der Waals surface area contributed by atoms with Gasteiger partial charge in [-0.25, -0.2) is 19.6 Å². The maximum atomic E-state index is 12.4. The SMILES string of the molecule is CCOC(=O)c1ncn2c1CN=C(Cl)c1cc(C(C)C)ccc1-2.CCOC(=O)c1ncn2c1CNC(=O)c1cc(C(C)C)ccc1-2. The van der Waals surface area contributed by atoms with E-state index in [9.17, 15) is 14.4 Å². The third-order valence-corrected chi connectivity index (χ3v) is 8.14. The van der Waals surface area contributed by atoms with E-state index in [1.54, 1.807) is 31.1 Å². The summed E-state index contributed by atoms with van der Waals surface area (Å²) in [6.07, 6.45) is 3.19. The number of aliphatic imine (C=N–C) groups is 1. The van der Waals surface area contributed by atoms with Crippen molar-refractivity contribution in [3.05, 3.63) is 94.1 Å². The summed E-state index contributed by atoms with van der Waals surface area (Å²) in [6, 6.07) is 11.9. The van der Waals surface area contributed by atoms with E-state index in [4.69, 9.17) is 21.1 Å². The van der Waals surface area contributed by atoms with Gasteiger partial charge in [0.2, 0.25) is 0 Å². The zero-order chi connectivity index (χ0) is 33.1. The van der Waals surface area contributed by atoms with Gasteiger partial charge in [-0.3, -0.25) is 18.9 Å². The molecule has 11 nitrogen and oxygen atoms in total. The number of amides is 1. The van der Waals surface area contributed by atoms with Gasteiger partial charge in [0.15, 0.2) is 11.4 Å². The van der Waals surface area contributed by atoms with Crippen molar-refractivity contribution >= 4 is 34.6 Å². The lowest BCUT2D eigenvalue weighted by Gasteiger charge is -2.12. The Kier molecular flexibility index (Phi) is 9.71. The molecule has 4 heterocycles. The van der Waals surface area contributed by atoms with Gasteiger partial charge in [0.05, 0.1) is 54.6 Å². The van der Waals surface area contributed by atoms with Crippen LogP contribution in [0.4, 0.5) is 0 Å².